The molecule has 2 rings (SSSR count). The predicted octanol–water partition coefficient (Wildman–Crippen LogP) is 1.45. The SMILES string of the molecule is CN=C(NCCc1ccc(OC)c(OC)c1)NCC1(C)COC1. The molecule has 1 heterocycles. The van der Waals surface area contributed by atoms with Gasteiger partial charge in [-0.3, -0.25) is 4.99 Å². The normalized spacial score (nSPS) is 16.4. The van der Waals surface area contributed by atoms with Crippen molar-refractivity contribution in [1.82, 2.24) is 10.6 Å². The first-order valence-electron chi connectivity index (χ1n) is 7.83. The topological polar surface area (TPSA) is 64.1 Å². The fraction of sp³-hybridized carbons (Fsp3) is 0.588. The Morgan fingerprint density at radius 3 is 2.52 bits per heavy atom. The van der Waals surface area contributed by atoms with Gasteiger partial charge in [-0.15, -0.1) is 0 Å². The summed E-state index contributed by atoms with van der Waals surface area (Å²) < 4.78 is 15.8. The van der Waals surface area contributed by atoms with Crippen LogP contribution in [0.15, 0.2) is 23.2 Å². The highest BCUT2D eigenvalue weighted by molar-refractivity contribution is 5.79. The summed E-state index contributed by atoms with van der Waals surface area (Å²) in [6, 6.07) is 5.98. The van der Waals surface area contributed by atoms with Crippen LogP contribution in [0.2, 0.25) is 0 Å². The molecule has 6 nitrogen and oxygen atoms in total. The van der Waals surface area contributed by atoms with E-state index in [4.69, 9.17) is 14.2 Å². The first kappa shape index (κ1) is 17.4. The van der Waals surface area contributed by atoms with Crippen molar-refractivity contribution < 1.29 is 14.2 Å². The second-order valence-electron chi connectivity index (χ2n) is 6.10. The molecule has 1 aliphatic rings. The number of nitrogens with zero attached hydrogens (tertiary/aromatic N) is 1. The average molecular weight is 321 g/mol. The van der Waals surface area contributed by atoms with E-state index >= 15 is 0 Å². The summed E-state index contributed by atoms with van der Waals surface area (Å²) in [6.07, 6.45) is 0.876. The summed E-state index contributed by atoms with van der Waals surface area (Å²) in [4.78, 5) is 4.25. The van der Waals surface area contributed by atoms with Gasteiger partial charge in [0.05, 0.1) is 27.4 Å². The minimum absolute atomic E-state index is 0.223. The zero-order chi connectivity index (χ0) is 16.7. The fourth-order valence-corrected chi connectivity index (χ4v) is 2.43. The van der Waals surface area contributed by atoms with Gasteiger partial charge in [-0.2, -0.15) is 0 Å². The number of methoxy groups -OCH3 is 2. The van der Waals surface area contributed by atoms with E-state index < -0.39 is 0 Å². The molecule has 0 aliphatic carbocycles. The Morgan fingerprint density at radius 2 is 1.96 bits per heavy atom. The monoisotopic (exact) mass is 321 g/mol. The maximum Gasteiger partial charge on any atom is 0.191 e. The molecule has 6 heteroatoms. The van der Waals surface area contributed by atoms with E-state index in [9.17, 15) is 0 Å². The van der Waals surface area contributed by atoms with E-state index in [1.807, 2.05) is 18.2 Å². The smallest absolute Gasteiger partial charge is 0.191 e. The van der Waals surface area contributed by atoms with Crippen molar-refractivity contribution in [2.24, 2.45) is 10.4 Å². The van der Waals surface area contributed by atoms with Crippen LogP contribution in [0.4, 0.5) is 0 Å². The molecule has 128 valence electrons. The van der Waals surface area contributed by atoms with Gasteiger partial charge >= 0.3 is 0 Å². The third kappa shape index (κ3) is 4.76. The molecular formula is C17H27N3O3. The van der Waals surface area contributed by atoms with Crippen LogP contribution in [-0.2, 0) is 11.2 Å². The van der Waals surface area contributed by atoms with E-state index in [0.29, 0.717) is 0 Å². The van der Waals surface area contributed by atoms with Gasteiger partial charge in [-0.25, -0.2) is 0 Å². The number of ether oxygens (including phenoxy) is 3. The lowest BCUT2D eigenvalue weighted by Crippen LogP contribution is -2.51. The Hall–Kier alpha value is -1.95. The van der Waals surface area contributed by atoms with Gasteiger partial charge in [-0.1, -0.05) is 13.0 Å². The Balaban J connectivity index is 1.78. The highest BCUT2D eigenvalue weighted by atomic mass is 16.5. The van der Waals surface area contributed by atoms with Gasteiger partial charge < -0.3 is 24.8 Å². The Morgan fingerprint density at radius 1 is 1.22 bits per heavy atom. The van der Waals surface area contributed by atoms with Gasteiger partial charge in [-0.05, 0) is 24.1 Å². The number of hydrogen-bond acceptors (Lipinski definition) is 4. The van der Waals surface area contributed by atoms with Crippen molar-refractivity contribution in [3.05, 3.63) is 23.8 Å². The lowest BCUT2D eigenvalue weighted by atomic mass is 9.89. The minimum Gasteiger partial charge on any atom is -0.493 e. The molecule has 0 amide bonds. The summed E-state index contributed by atoms with van der Waals surface area (Å²) in [6.45, 7) is 5.48. The summed E-state index contributed by atoms with van der Waals surface area (Å²) >= 11 is 0. The van der Waals surface area contributed by atoms with Crippen LogP contribution in [0.1, 0.15) is 12.5 Å². The van der Waals surface area contributed by atoms with E-state index in [0.717, 1.165) is 50.2 Å². The van der Waals surface area contributed by atoms with E-state index in [2.05, 4.69) is 22.5 Å². The predicted molar refractivity (Wildman–Crippen MR) is 91.5 cm³/mol. The number of rotatable bonds is 7. The van der Waals surface area contributed by atoms with Gasteiger partial charge in [0, 0.05) is 25.6 Å². The molecule has 0 bridgehead atoms. The Bertz CT molecular complexity index is 542. The molecule has 1 aromatic rings. The highest BCUT2D eigenvalue weighted by Gasteiger charge is 2.33. The summed E-state index contributed by atoms with van der Waals surface area (Å²) in [5.41, 5.74) is 1.41. The van der Waals surface area contributed by atoms with Gasteiger partial charge in [0.2, 0.25) is 0 Å². The van der Waals surface area contributed by atoms with E-state index in [1.54, 1.807) is 21.3 Å². The highest BCUT2D eigenvalue weighted by Crippen LogP contribution is 2.27. The molecule has 0 saturated carbocycles. The van der Waals surface area contributed by atoms with Crippen LogP contribution in [-0.4, -0.2) is 53.5 Å². The quantitative estimate of drug-likeness (QED) is 0.588. The zero-order valence-corrected chi connectivity index (χ0v) is 14.4. The average Bonchev–Trinajstić information content (AvgIpc) is 2.55. The van der Waals surface area contributed by atoms with Crippen LogP contribution in [0.25, 0.3) is 0 Å². The molecule has 2 N–H and O–H groups in total. The van der Waals surface area contributed by atoms with Crippen molar-refractivity contribution in [2.75, 3.05) is 47.6 Å². The van der Waals surface area contributed by atoms with Crippen molar-refractivity contribution in [1.29, 1.82) is 0 Å². The molecule has 0 unspecified atom stereocenters. The fourth-order valence-electron chi connectivity index (χ4n) is 2.43. The third-order valence-electron chi connectivity index (χ3n) is 3.96. The molecule has 1 aliphatic heterocycles. The van der Waals surface area contributed by atoms with Gasteiger partial charge in [0.25, 0.3) is 0 Å². The van der Waals surface area contributed by atoms with E-state index in [1.165, 1.54) is 5.56 Å². The lowest BCUT2D eigenvalue weighted by Gasteiger charge is -2.38. The molecular weight excluding hydrogens is 294 g/mol. The second kappa shape index (κ2) is 8.06. The molecule has 23 heavy (non-hydrogen) atoms. The maximum absolute atomic E-state index is 5.33. The first-order valence-corrected chi connectivity index (χ1v) is 7.83. The van der Waals surface area contributed by atoms with Crippen molar-refractivity contribution in [3.8, 4) is 11.5 Å². The number of benzene rings is 1. The largest absolute Gasteiger partial charge is 0.493 e. The molecule has 0 aromatic heterocycles. The minimum atomic E-state index is 0.223. The molecule has 1 saturated heterocycles. The van der Waals surface area contributed by atoms with Crippen LogP contribution in [0.3, 0.4) is 0 Å². The second-order valence-corrected chi connectivity index (χ2v) is 6.10. The van der Waals surface area contributed by atoms with Gasteiger partial charge in [0.1, 0.15) is 0 Å². The third-order valence-corrected chi connectivity index (χ3v) is 3.96. The Labute approximate surface area is 138 Å². The van der Waals surface area contributed by atoms with Crippen LogP contribution in [0.5, 0.6) is 11.5 Å². The van der Waals surface area contributed by atoms with Crippen molar-refractivity contribution in [2.45, 2.75) is 13.3 Å². The van der Waals surface area contributed by atoms with Crippen LogP contribution < -0.4 is 20.1 Å². The van der Waals surface area contributed by atoms with Crippen LogP contribution >= 0.6 is 0 Å². The standard InChI is InChI=1S/C17H27N3O3/c1-17(11-23-12-17)10-20-16(18-2)19-8-7-13-5-6-14(21-3)15(9-13)22-4/h5-6,9H,7-8,10-12H2,1-4H3,(H2,18,19,20). The van der Waals surface area contributed by atoms with Crippen molar-refractivity contribution >= 4 is 5.96 Å². The number of guanidine groups is 1. The van der Waals surface area contributed by atoms with Crippen molar-refractivity contribution in [3.63, 3.8) is 0 Å². The molecule has 1 aromatic carbocycles. The summed E-state index contributed by atoms with van der Waals surface area (Å²) in [5.74, 6) is 2.32. The molecule has 0 radical (unpaired) electrons. The maximum atomic E-state index is 5.33. The summed E-state index contributed by atoms with van der Waals surface area (Å²) in [7, 11) is 5.07. The number of hydrogen-bond donors (Lipinski definition) is 2. The number of nitrogens with one attached hydrogen (secondary N) is 2. The lowest BCUT2D eigenvalue weighted by molar-refractivity contribution is -0.0971. The van der Waals surface area contributed by atoms with Gasteiger partial charge in [0.15, 0.2) is 17.5 Å². The molecule has 0 spiro atoms. The molecule has 1 fully saturated rings. The van der Waals surface area contributed by atoms with E-state index in [-0.39, 0.29) is 5.41 Å². The first-order chi connectivity index (χ1) is 11.1. The molecule has 0 atom stereocenters. The number of aliphatic imine (C=N–C) groups is 1. The van der Waals surface area contributed by atoms with Crippen LogP contribution in [0, 0.1) is 5.41 Å². The Kier molecular flexibility index (Phi) is 6.10. The summed E-state index contributed by atoms with van der Waals surface area (Å²) in [5, 5.41) is 6.68. The zero-order valence-electron chi connectivity index (χ0n) is 14.4.